The molecule has 1 fully saturated rings. The molecule has 6 heteroatoms. The highest BCUT2D eigenvalue weighted by Gasteiger charge is 2.28. The zero-order valence-corrected chi connectivity index (χ0v) is 14.0. The van der Waals surface area contributed by atoms with Gasteiger partial charge in [-0.1, -0.05) is 12.8 Å². The number of nitrogens with one attached hydrogen (secondary N) is 1. The number of rotatable bonds is 5. The maximum Gasteiger partial charge on any atom is 0.239 e. The fourth-order valence-corrected chi connectivity index (χ4v) is 3.25. The molecule has 0 aliphatic heterocycles. The van der Waals surface area contributed by atoms with Crippen LogP contribution in [0.1, 0.15) is 25.7 Å². The molecule has 0 spiro atoms. The third-order valence-corrected chi connectivity index (χ3v) is 4.59. The largest absolute Gasteiger partial charge is 0.330 e. The van der Waals surface area contributed by atoms with Gasteiger partial charge < -0.3 is 11.1 Å². The highest BCUT2D eigenvalue weighted by molar-refractivity contribution is 9.10. The number of carbonyl (C=O) groups is 1. The Morgan fingerprint density at radius 2 is 2.24 bits per heavy atom. The van der Waals surface area contributed by atoms with E-state index in [-0.39, 0.29) is 5.91 Å². The van der Waals surface area contributed by atoms with Crippen LogP contribution in [0.3, 0.4) is 0 Å². The Morgan fingerprint density at radius 3 is 2.90 bits per heavy atom. The number of carbonyl (C=O) groups excluding carboxylic acids is 1. The summed E-state index contributed by atoms with van der Waals surface area (Å²) in [7, 11) is 2.01. The summed E-state index contributed by atoms with van der Waals surface area (Å²) in [5.41, 5.74) is 5.86. The number of halogens is 1. The monoisotopic (exact) mass is 354 g/mol. The molecule has 1 aliphatic carbocycles. The van der Waals surface area contributed by atoms with Crippen molar-refractivity contribution < 1.29 is 4.79 Å². The number of likely N-dealkylation sites (N-methyl/N-ethyl adjacent to an activating group) is 1. The van der Waals surface area contributed by atoms with E-state index >= 15 is 0 Å². The van der Waals surface area contributed by atoms with Gasteiger partial charge in [0.05, 0.1) is 6.54 Å². The minimum atomic E-state index is -0.0336. The molecule has 0 bridgehead atoms. The summed E-state index contributed by atoms with van der Waals surface area (Å²) >= 11 is 3.32. The normalized spacial score (nSPS) is 22.3. The lowest BCUT2D eigenvalue weighted by Gasteiger charge is -2.37. The zero-order chi connectivity index (χ0) is 15.2. The summed E-state index contributed by atoms with van der Waals surface area (Å²) in [6.07, 6.45) is 6.44. The van der Waals surface area contributed by atoms with E-state index in [1.54, 1.807) is 12.3 Å². The molecule has 2 rings (SSSR count). The van der Waals surface area contributed by atoms with Gasteiger partial charge in [0.1, 0.15) is 5.82 Å². The summed E-state index contributed by atoms with van der Waals surface area (Å²) in [5.74, 6) is 1.05. The van der Waals surface area contributed by atoms with E-state index in [9.17, 15) is 4.79 Å². The molecule has 2 unspecified atom stereocenters. The summed E-state index contributed by atoms with van der Waals surface area (Å²) in [6, 6.07) is 4.05. The van der Waals surface area contributed by atoms with Gasteiger partial charge in [-0.15, -0.1) is 0 Å². The smallest absolute Gasteiger partial charge is 0.239 e. The first-order chi connectivity index (χ1) is 10.1. The predicted molar refractivity (Wildman–Crippen MR) is 88.0 cm³/mol. The first kappa shape index (κ1) is 16.4. The standard InChI is InChI=1S/C15H23BrN4O/c1-20(13-5-3-2-4-11(13)8-17)10-15(21)19-14-7-6-12(16)9-18-14/h6-7,9,11,13H,2-5,8,10,17H2,1H3,(H,18,19,21). The third kappa shape index (κ3) is 4.76. The van der Waals surface area contributed by atoms with Crippen molar-refractivity contribution in [3.63, 3.8) is 0 Å². The molecule has 0 radical (unpaired) electrons. The van der Waals surface area contributed by atoms with E-state index in [2.05, 4.69) is 31.1 Å². The van der Waals surface area contributed by atoms with Crippen molar-refractivity contribution in [2.45, 2.75) is 31.7 Å². The van der Waals surface area contributed by atoms with Crippen LogP contribution in [0.5, 0.6) is 0 Å². The van der Waals surface area contributed by atoms with Crippen LogP contribution >= 0.6 is 15.9 Å². The number of amides is 1. The molecule has 116 valence electrons. The minimum absolute atomic E-state index is 0.0336. The molecule has 1 aromatic rings. The van der Waals surface area contributed by atoms with Crippen molar-refractivity contribution >= 4 is 27.7 Å². The third-order valence-electron chi connectivity index (χ3n) is 4.13. The molecule has 21 heavy (non-hydrogen) atoms. The van der Waals surface area contributed by atoms with Crippen LogP contribution in [0.25, 0.3) is 0 Å². The van der Waals surface area contributed by atoms with Gasteiger partial charge in [-0.25, -0.2) is 4.98 Å². The highest BCUT2D eigenvalue weighted by atomic mass is 79.9. The van der Waals surface area contributed by atoms with Crippen LogP contribution in [0.15, 0.2) is 22.8 Å². The summed E-state index contributed by atoms with van der Waals surface area (Å²) < 4.78 is 0.894. The molecule has 2 atom stereocenters. The number of pyridine rings is 1. The van der Waals surface area contributed by atoms with Crippen molar-refractivity contribution in [1.29, 1.82) is 0 Å². The highest BCUT2D eigenvalue weighted by Crippen LogP contribution is 2.27. The summed E-state index contributed by atoms with van der Waals surface area (Å²) in [6.45, 7) is 1.07. The van der Waals surface area contributed by atoms with Crippen molar-refractivity contribution in [1.82, 2.24) is 9.88 Å². The van der Waals surface area contributed by atoms with Gasteiger partial charge in [0.2, 0.25) is 5.91 Å². The van der Waals surface area contributed by atoms with E-state index in [1.807, 2.05) is 13.1 Å². The van der Waals surface area contributed by atoms with Crippen molar-refractivity contribution in [3.8, 4) is 0 Å². The topological polar surface area (TPSA) is 71.2 Å². The molecule has 1 heterocycles. The lowest BCUT2D eigenvalue weighted by molar-refractivity contribution is -0.117. The van der Waals surface area contributed by atoms with Crippen LogP contribution in [-0.4, -0.2) is 42.0 Å². The van der Waals surface area contributed by atoms with E-state index in [1.165, 1.54) is 19.3 Å². The molecule has 1 saturated carbocycles. The number of hydrogen-bond donors (Lipinski definition) is 2. The van der Waals surface area contributed by atoms with E-state index < -0.39 is 0 Å². The van der Waals surface area contributed by atoms with Crippen LogP contribution < -0.4 is 11.1 Å². The van der Waals surface area contributed by atoms with Crippen LogP contribution in [-0.2, 0) is 4.79 Å². The van der Waals surface area contributed by atoms with E-state index in [0.29, 0.717) is 30.9 Å². The Balaban J connectivity index is 1.87. The van der Waals surface area contributed by atoms with E-state index in [0.717, 1.165) is 10.9 Å². The lowest BCUT2D eigenvalue weighted by Crippen LogP contribution is -2.46. The van der Waals surface area contributed by atoms with Crippen LogP contribution in [0.2, 0.25) is 0 Å². The molecule has 5 nitrogen and oxygen atoms in total. The predicted octanol–water partition coefficient (Wildman–Crippen LogP) is 2.23. The number of nitrogens with two attached hydrogens (primary N) is 1. The molecule has 1 aliphatic rings. The Hall–Kier alpha value is -0.980. The molecule has 0 aromatic carbocycles. The minimum Gasteiger partial charge on any atom is -0.330 e. The van der Waals surface area contributed by atoms with Crippen molar-refractivity contribution in [3.05, 3.63) is 22.8 Å². The second-order valence-electron chi connectivity index (χ2n) is 5.67. The maximum absolute atomic E-state index is 12.1. The van der Waals surface area contributed by atoms with Gasteiger partial charge in [-0.2, -0.15) is 0 Å². The first-order valence-electron chi connectivity index (χ1n) is 7.42. The Bertz CT molecular complexity index is 465. The van der Waals surface area contributed by atoms with Gasteiger partial charge in [0.15, 0.2) is 0 Å². The van der Waals surface area contributed by atoms with Crippen LogP contribution in [0, 0.1) is 5.92 Å². The fourth-order valence-electron chi connectivity index (χ4n) is 3.02. The molecular formula is C15H23BrN4O. The second-order valence-corrected chi connectivity index (χ2v) is 6.59. The second kappa shape index (κ2) is 7.87. The first-order valence-corrected chi connectivity index (χ1v) is 8.21. The average molecular weight is 355 g/mol. The Labute approximate surface area is 134 Å². The van der Waals surface area contributed by atoms with Crippen LogP contribution in [0.4, 0.5) is 5.82 Å². The van der Waals surface area contributed by atoms with Gasteiger partial charge >= 0.3 is 0 Å². The van der Waals surface area contributed by atoms with E-state index in [4.69, 9.17) is 5.73 Å². The van der Waals surface area contributed by atoms with Crippen molar-refractivity contribution in [2.24, 2.45) is 11.7 Å². The SMILES string of the molecule is CN(CC(=O)Nc1ccc(Br)cn1)C1CCCCC1CN. The average Bonchev–Trinajstić information content (AvgIpc) is 2.49. The Morgan fingerprint density at radius 1 is 1.48 bits per heavy atom. The van der Waals surface area contributed by atoms with Gasteiger partial charge in [0.25, 0.3) is 0 Å². The molecular weight excluding hydrogens is 332 g/mol. The zero-order valence-electron chi connectivity index (χ0n) is 12.4. The van der Waals surface area contributed by atoms with Crippen molar-refractivity contribution in [2.75, 3.05) is 25.5 Å². The fraction of sp³-hybridized carbons (Fsp3) is 0.600. The van der Waals surface area contributed by atoms with Gasteiger partial charge in [-0.3, -0.25) is 9.69 Å². The van der Waals surface area contributed by atoms with Gasteiger partial charge in [-0.05, 0) is 60.4 Å². The number of aromatic nitrogens is 1. The molecule has 1 aromatic heterocycles. The number of anilines is 1. The quantitative estimate of drug-likeness (QED) is 0.850. The maximum atomic E-state index is 12.1. The molecule has 1 amide bonds. The molecule has 0 saturated heterocycles. The molecule has 3 N–H and O–H groups in total. The Kier molecular flexibility index (Phi) is 6.14. The van der Waals surface area contributed by atoms with Gasteiger partial charge in [0, 0.05) is 16.7 Å². The summed E-state index contributed by atoms with van der Waals surface area (Å²) in [4.78, 5) is 18.4. The number of hydrogen-bond acceptors (Lipinski definition) is 4. The summed E-state index contributed by atoms with van der Waals surface area (Å²) in [5, 5.41) is 2.83. The lowest BCUT2D eigenvalue weighted by atomic mass is 9.84. The number of nitrogens with zero attached hydrogens (tertiary/aromatic N) is 2.